The summed E-state index contributed by atoms with van der Waals surface area (Å²) in [5, 5.41) is 5.70. The fourth-order valence-corrected chi connectivity index (χ4v) is 2.44. The lowest BCUT2D eigenvalue weighted by molar-refractivity contribution is 0.546. The first-order valence-corrected chi connectivity index (χ1v) is 5.96. The van der Waals surface area contributed by atoms with Gasteiger partial charge in [0, 0.05) is 6.20 Å². The van der Waals surface area contributed by atoms with Crippen LogP contribution in [0.1, 0.15) is 12.5 Å². The van der Waals surface area contributed by atoms with Crippen LogP contribution >= 0.6 is 0 Å². The molecule has 3 rings (SSSR count). The van der Waals surface area contributed by atoms with E-state index in [2.05, 4.69) is 59.7 Å². The van der Waals surface area contributed by atoms with Crippen molar-refractivity contribution in [2.45, 2.75) is 12.5 Å². The maximum absolute atomic E-state index is 5.78. The Morgan fingerprint density at radius 2 is 1.89 bits per heavy atom. The van der Waals surface area contributed by atoms with Gasteiger partial charge in [0.25, 0.3) is 0 Å². The summed E-state index contributed by atoms with van der Waals surface area (Å²) in [6.07, 6.45) is 3.79. The van der Waals surface area contributed by atoms with E-state index >= 15 is 0 Å². The molecule has 0 saturated carbocycles. The Bertz CT molecular complexity index is 652. The average molecular weight is 237 g/mol. The second kappa shape index (κ2) is 3.88. The first kappa shape index (κ1) is 10.8. The Morgan fingerprint density at radius 1 is 1.11 bits per heavy atom. The van der Waals surface area contributed by atoms with Crippen molar-refractivity contribution < 1.29 is 0 Å². The minimum Gasteiger partial charge on any atom is -0.370 e. The fourth-order valence-electron chi connectivity index (χ4n) is 2.44. The Labute approximate surface area is 106 Å². The molecule has 2 aromatic rings. The molecule has 0 aliphatic carbocycles. The third kappa shape index (κ3) is 1.64. The largest absolute Gasteiger partial charge is 0.370 e. The van der Waals surface area contributed by atoms with Crippen LogP contribution in [0.25, 0.3) is 10.8 Å². The maximum Gasteiger partial charge on any atom is 0.194 e. The first-order chi connectivity index (χ1) is 8.69. The van der Waals surface area contributed by atoms with Crippen LogP contribution in [0.3, 0.4) is 0 Å². The minimum absolute atomic E-state index is 0.313. The standard InChI is InChI=1S/C15H15N3/c1-15(9-10-17-14(16)18-15)13-8-4-6-11-5-2-3-7-12(11)13/h2-10H,1H3,(H3,16,17,18). The average Bonchev–Trinajstić information content (AvgIpc) is 2.38. The molecule has 0 spiro atoms. The van der Waals surface area contributed by atoms with Gasteiger partial charge in [0.2, 0.25) is 0 Å². The van der Waals surface area contributed by atoms with Crippen LogP contribution in [0.2, 0.25) is 0 Å². The highest BCUT2D eigenvalue weighted by Crippen LogP contribution is 2.30. The van der Waals surface area contributed by atoms with Crippen LogP contribution in [0, 0.1) is 0 Å². The summed E-state index contributed by atoms with van der Waals surface area (Å²) in [6.45, 7) is 2.10. The second-order valence-electron chi connectivity index (χ2n) is 4.68. The molecule has 18 heavy (non-hydrogen) atoms. The van der Waals surface area contributed by atoms with Crippen LogP contribution in [-0.4, -0.2) is 5.96 Å². The fraction of sp³-hybridized carbons (Fsp3) is 0.133. The Morgan fingerprint density at radius 3 is 2.72 bits per heavy atom. The number of fused-ring (bicyclic) bond motifs is 1. The van der Waals surface area contributed by atoms with Gasteiger partial charge in [-0.3, -0.25) is 0 Å². The third-order valence-electron chi connectivity index (χ3n) is 3.36. The number of aliphatic imine (C=N–C) groups is 1. The molecule has 3 heteroatoms. The molecule has 3 N–H and O–H groups in total. The van der Waals surface area contributed by atoms with E-state index in [1.54, 1.807) is 6.20 Å². The molecule has 1 heterocycles. The quantitative estimate of drug-likeness (QED) is 0.800. The molecule has 0 saturated heterocycles. The van der Waals surface area contributed by atoms with E-state index < -0.39 is 0 Å². The van der Waals surface area contributed by atoms with Crippen molar-refractivity contribution in [3.05, 3.63) is 60.3 Å². The SMILES string of the molecule is CC1(c2cccc3ccccc23)C=CN=C(N)N1. The van der Waals surface area contributed by atoms with Gasteiger partial charge in [-0.15, -0.1) is 0 Å². The van der Waals surface area contributed by atoms with Crippen LogP contribution in [-0.2, 0) is 5.54 Å². The normalized spacial score (nSPS) is 22.6. The molecule has 90 valence electrons. The predicted molar refractivity (Wildman–Crippen MR) is 75.2 cm³/mol. The second-order valence-corrected chi connectivity index (χ2v) is 4.68. The van der Waals surface area contributed by atoms with Gasteiger partial charge in [-0.2, -0.15) is 0 Å². The summed E-state index contributed by atoms with van der Waals surface area (Å²) in [5.74, 6) is 0.452. The molecule has 2 aromatic carbocycles. The first-order valence-electron chi connectivity index (χ1n) is 5.96. The smallest absolute Gasteiger partial charge is 0.194 e. The zero-order chi connectivity index (χ0) is 12.6. The zero-order valence-corrected chi connectivity index (χ0v) is 10.2. The predicted octanol–water partition coefficient (Wildman–Crippen LogP) is 2.49. The van der Waals surface area contributed by atoms with Crippen molar-refractivity contribution in [1.82, 2.24) is 5.32 Å². The van der Waals surface area contributed by atoms with E-state index in [0.717, 1.165) is 0 Å². The Hall–Kier alpha value is -2.29. The summed E-state index contributed by atoms with van der Waals surface area (Å²) in [4.78, 5) is 4.03. The van der Waals surface area contributed by atoms with Crippen LogP contribution in [0.5, 0.6) is 0 Å². The van der Waals surface area contributed by atoms with Crippen molar-refractivity contribution in [3.8, 4) is 0 Å². The highest BCUT2D eigenvalue weighted by Gasteiger charge is 2.27. The zero-order valence-electron chi connectivity index (χ0n) is 10.2. The Balaban J connectivity index is 2.21. The minimum atomic E-state index is -0.313. The topological polar surface area (TPSA) is 50.4 Å². The summed E-state index contributed by atoms with van der Waals surface area (Å²) >= 11 is 0. The molecule has 0 radical (unpaired) electrons. The van der Waals surface area contributed by atoms with Gasteiger partial charge < -0.3 is 11.1 Å². The van der Waals surface area contributed by atoms with E-state index in [1.165, 1.54) is 16.3 Å². The van der Waals surface area contributed by atoms with E-state index in [9.17, 15) is 0 Å². The van der Waals surface area contributed by atoms with Gasteiger partial charge >= 0.3 is 0 Å². The number of guanidine groups is 1. The van der Waals surface area contributed by atoms with Crippen LogP contribution in [0.4, 0.5) is 0 Å². The van der Waals surface area contributed by atoms with Crippen molar-refractivity contribution in [2.24, 2.45) is 10.7 Å². The number of hydrogen-bond acceptors (Lipinski definition) is 3. The molecule has 1 aliphatic heterocycles. The van der Waals surface area contributed by atoms with Gasteiger partial charge in [0.1, 0.15) is 0 Å². The van der Waals surface area contributed by atoms with Gasteiger partial charge in [0.15, 0.2) is 5.96 Å². The van der Waals surface area contributed by atoms with E-state index in [4.69, 9.17) is 5.73 Å². The van der Waals surface area contributed by atoms with Crippen LogP contribution < -0.4 is 11.1 Å². The third-order valence-corrected chi connectivity index (χ3v) is 3.36. The van der Waals surface area contributed by atoms with Gasteiger partial charge in [0.05, 0.1) is 5.54 Å². The van der Waals surface area contributed by atoms with Crippen molar-refractivity contribution >= 4 is 16.7 Å². The number of hydrogen-bond donors (Lipinski definition) is 2. The number of rotatable bonds is 1. The van der Waals surface area contributed by atoms with Gasteiger partial charge in [-0.25, -0.2) is 4.99 Å². The molecule has 0 amide bonds. The maximum atomic E-state index is 5.78. The molecule has 1 aliphatic rings. The highest BCUT2D eigenvalue weighted by atomic mass is 15.1. The molecule has 0 aromatic heterocycles. The summed E-state index contributed by atoms with van der Waals surface area (Å²) < 4.78 is 0. The van der Waals surface area contributed by atoms with Gasteiger partial charge in [-0.1, -0.05) is 42.5 Å². The van der Waals surface area contributed by atoms with Gasteiger partial charge in [-0.05, 0) is 29.3 Å². The highest BCUT2D eigenvalue weighted by molar-refractivity contribution is 5.88. The molecular formula is C15H15N3. The molecule has 0 bridgehead atoms. The Kier molecular flexibility index (Phi) is 2.33. The number of benzene rings is 2. The van der Waals surface area contributed by atoms with Crippen LogP contribution in [0.15, 0.2) is 59.7 Å². The summed E-state index contributed by atoms with van der Waals surface area (Å²) in [5.41, 5.74) is 6.67. The lowest BCUT2D eigenvalue weighted by Gasteiger charge is -2.31. The van der Waals surface area contributed by atoms with E-state index in [1.807, 2.05) is 6.08 Å². The van der Waals surface area contributed by atoms with Crippen molar-refractivity contribution in [1.29, 1.82) is 0 Å². The van der Waals surface area contributed by atoms with Crippen molar-refractivity contribution in [2.75, 3.05) is 0 Å². The lowest BCUT2D eigenvalue weighted by Crippen LogP contribution is -2.47. The number of nitrogens with zero attached hydrogens (tertiary/aromatic N) is 1. The number of nitrogens with two attached hydrogens (primary N) is 1. The van der Waals surface area contributed by atoms with E-state index in [-0.39, 0.29) is 5.54 Å². The molecular weight excluding hydrogens is 222 g/mol. The summed E-state index contributed by atoms with van der Waals surface area (Å²) in [6, 6.07) is 14.7. The van der Waals surface area contributed by atoms with E-state index in [0.29, 0.717) is 5.96 Å². The van der Waals surface area contributed by atoms with Crippen molar-refractivity contribution in [3.63, 3.8) is 0 Å². The molecule has 0 fully saturated rings. The molecule has 3 nitrogen and oxygen atoms in total. The molecule has 1 atom stereocenters. The number of nitrogens with one attached hydrogen (secondary N) is 1. The monoisotopic (exact) mass is 237 g/mol. The summed E-state index contributed by atoms with van der Waals surface area (Å²) in [7, 11) is 0. The molecule has 1 unspecified atom stereocenters. The lowest BCUT2D eigenvalue weighted by atomic mass is 9.87.